The van der Waals surface area contributed by atoms with Crippen molar-refractivity contribution < 1.29 is 9.53 Å². The Morgan fingerprint density at radius 1 is 1.39 bits per heavy atom. The summed E-state index contributed by atoms with van der Waals surface area (Å²) in [6.07, 6.45) is 4.87. The van der Waals surface area contributed by atoms with Gasteiger partial charge in [0.1, 0.15) is 23.1 Å². The molecular formula is C24H23N3O2S2. The van der Waals surface area contributed by atoms with E-state index in [0.717, 1.165) is 34.6 Å². The van der Waals surface area contributed by atoms with Gasteiger partial charge >= 0.3 is 0 Å². The maximum atomic E-state index is 10.6. The number of nitriles is 1. The highest BCUT2D eigenvalue weighted by Crippen LogP contribution is 2.41. The quantitative estimate of drug-likeness (QED) is 0.276. The Morgan fingerprint density at radius 3 is 3.03 bits per heavy atom. The zero-order valence-electron chi connectivity index (χ0n) is 17.4. The fraction of sp³-hybridized carbons (Fsp3) is 0.292. The van der Waals surface area contributed by atoms with Crippen LogP contribution in [0.1, 0.15) is 43.0 Å². The van der Waals surface area contributed by atoms with Gasteiger partial charge in [-0.2, -0.15) is 5.26 Å². The largest absolute Gasteiger partial charge is 0.490 e. The Morgan fingerprint density at radius 2 is 2.26 bits per heavy atom. The van der Waals surface area contributed by atoms with Crippen molar-refractivity contribution >= 4 is 29.6 Å². The molecule has 5 nitrogen and oxygen atoms in total. The van der Waals surface area contributed by atoms with Gasteiger partial charge in [-0.05, 0) is 61.6 Å². The van der Waals surface area contributed by atoms with E-state index in [-0.39, 0.29) is 12.1 Å². The molecule has 0 radical (unpaired) electrons. The van der Waals surface area contributed by atoms with Crippen molar-refractivity contribution in [2.24, 2.45) is 0 Å². The molecule has 4 rings (SSSR count). The summed E-state index contributed by atoms with van der Waals surface area (Å²) in [5.74, 6) is 1.06. The van der Waals surface area contributed by atoms with E-state index in [9.17, 15) is 10.1 Å². The second-order valence-corrected chi connectivity index (χ2v) is 9.47. The third-order valence-corrected chi connectivity index (χ3v) is 6.96. The first-order valence-corrected chi connectivity index (χ1v) is 12.0. The zero-order chi connectivity index (χ0) is 21.8. The number of rotatable bonds is 8. The normalized spacial score (nSPS) is 15.0. The van der Waals surface area contributed by atoms with Crippen LogP contribution in [-0.4, -0.2) is 23.1 Å². The number of hydrogen-bond acceptors (Lipinski definition) is 7. The van der Waals surface area contributed by atoms with Gasteiger partial charge in [0, 0.05) is 17.8 Å². The second-order valence-electron chi connectivity index (χ2n) is 7.58. The smallest absolute Gasteiger partial charge is 0.137 e. The number of aromatic nitrogens is 1. The Labute approximate surface area is 190 Å². The van der Waals surface area contributed by atoms with Gasteiger partial charge < -0.3 is 9.53 Å². The lowest BCUT2D eigenvalue weighted by Crippen LogP contribution is -2.11. The van der Waals surface area contributed by atoms with Gasteiger partial charge in [-0.1, -0.05) is 30.1 Å². The fourth-order valence-corrected chi connectivity index (χ4v) is 5.40. The molecular weight excluding hydrogens is 426 g/mol. The minimum Gasteiger partial charge on any atom is -0.490 e. The van der Waals surface area contributed by atoms with Crippen LogP contribution in [0, 0.1) is 11.3 Å². The van der Waals surface area contributed by atoms with Crippen molar-refractivity contribution in [1.82, 2.24) is 9.71 Å². The summed E-state index contributed by atoms with van der Waals surface area (Å²) in [4.78, 5) is 16.4. The minimum atomic E-state index is 0.0137. The molecule has 1 aliphatic rings. The van der Waals surface area contributed by atoms with Crippen LogP contribution < -0.4 is 9.46 Å². The van der Waals surface area contributed by atoms with E-state index in [1.165, 1.54) is 28.6 Å². The van der Waals surface area contributed by atoms with E-state index in [4.69, 9.17) is 4.74 Å². The van der Waals surface area contributed by atoms with Crippen LogP contribution in [0.25, 0.3) is 21.0 Å². The molecule has 0 saturated carbocycles. The molecule has 0 spiro atoms. The third-order valence-electron chi connectivity index (χ3n) is 5.13. The lowest BCUT2D eigenvalue weighted by atomic mass is 10.0. The first kappa shape index (κ1) is 21.6. The van der Waals surface area contributed by atoms with Crippen LogP contribution in [0.2, 0.25) is 0 Å². The maximum Gasteiger partial charge on any atom is 0.137 e. The fourth-order valence-electron chi connectivity index (χ4n) is 3.83. The highest BCUT2D eigenvalue weighted by molar-refractivity contribution is 7.98. The van der Waals surface area contributed by atoms with E-state index in [1.54, 1.807) is 11.3 Å². The topological polar surface area (TPSA) is 75.0 Å². The van der Waals surface area contributed by atoms with E-state index in [1.807, 2.05) is 38.2 Å². The average Bonchev–Trinajstić information content (AvgIpc) is 3.41. The van der Waals surface area contributed by atoms with E-state index in [2.05, 4.69) is 34.0 Å². The predicted octanol–water partition coefficient (Wildman–Crippen LogP) is 5.56. The van der Waals surface area contributed by atoms with Crippen molar-refractivity contribution in [3.05, 3.63) is 59.3 Å². The molecule has 3 aromatic rings. The summed E-state index contributed by atoms with van der Waals surface area (Å²) in [5.41, 5.74) is 5.30. The van der Waals surface area contributed by atoms with Crippen LogP contribution in [0.4, 0.5) is 0 Å². The summed E-state index contributed by atoms with van der Waals surface area (Å²) in [5, 5.41) is 10.4. The van der Waals surface area contributed by atoms with Crippen molar-refractivity contribution in [1.29, 1.82) is 5.26 Å². The van der Waals surface area contributed by atoms with Crippen LogP contribution in [-0.2, 0) is 11.2 Å². The third kappa shape index (κ3) is 4.67. The number of carbonyl (C=O) groups is 1. The molecule has 0 aliphatic heterocycles. The van der Waals surface area contributed by atoms with Gasteiger partial charge in [0.2, 0.25) is 0 Å². The summed E-state index contributed by atoms with van der Waals surface area (Å²) in [6.45, 7) is 3.89. The summed E-state index contributed by atoms with van der Waals surface area (Å²) < 4.78 is 9.14. The number of aldehydes is 1. The maximum absolute atomic E-state index is 10.6. The standard InChI is InChI=1S/C24H23N3O2S2/c1-15(2)29-22-9-6-16(12-17(22)13-25)24-26-14-23(31-24)20-5-3-4-19-18(20)7-8-21(19)27-30-11-10-28/h3-6,9-10,12,14-15,21,27H,7-8,11H2,1-2H3. The number of benzene rings is 2. The van der Waals surface area contributed by atoms with Crippen molar-refractivity contribution in [3.63, 3.8) is 0 Å². The molecule has 1 aliphatic carbocycles. The number of ether oxygens (including phenoxy) is 1. The molecule has 158 valence electrons. The summed E-state index contributed by atoms with van der Waals surface area (Å²) in [7, 11) is 0. The van der Waals surface area contributed by atoms with E-state index in [0.29, 0.717) is 17.1 Å². The van der Waals surface area contributed by atoms with Crippen LogP contribution in [0.5, 0.6) is 5.75 Å². The van der Waals surface area contributed by atoms with E-state index < -0.39 is 0 Å². The van der Waals surface area contributed by atoms with E-state index >= 15 is 0 Å². The average molecular weight is 450 g/mol. The molecule has 31 heavy (non-hydrogen) atoms. The molecule has 0 amide bonds. The first-order valence-electron chi connectivity index (χ1n) is 10.2. The van der Waals surface area contributed by atoms with Gasteiger partial charge in [0.05, 0.1) is 22.3 Å². The van der Waals surface area contributed by atoms with Crippen LogP contribution >= 0.6 is 23.3 Å². The number of nitrogens with zero attached hydrogens (tertiary/aromatic N) is 2. The van der Waals surface area contributed by atoms with Crippen molar-refractivity contribution in [2.75, 3.05) is 5.75 Å². The molecule has 2 aromatic carbocycles. The first-order chi connectivity index (χ1) is 15.1. The Balaban J connectivity index is 1.61. The van der Waals surface area contributed by atoms with Gasteiger partial charge in [-0.3, -0.25) is 4.72 Å². The Kier molecular flexibility index (Phi) is 6.71. The van der Waals surface area contributed by atoms with Gasteiger partial charge in [0.15, 0.2) is 0 Å². The number of thiazole rings is 1. The molecule has 0 saturated heterocycles. The molecule has 1 heterocycles. The highest BCUT2D eigenvalue weighted by atomic mass is 32.2. The minimum absolute atomic E-state index is 0.0137. The van der Waals surface area contributed by atoms with Gasteiger partial charge in [-0.15, -0.1) is 11.3 Å². The molecule has 1 unspecified atom stereocenters. The molecule has 1 N–H and O–H groups in total. The molecule has 1 atom stereocenters. The Bertz CT molecular complexity index is 1130. The van der Waals surface area contributed by atoms with Gasteiger partial charge in [-0.25, -0.2) is 4.98 Å². The summed E-state index contributed by atoms with van der Waals surface area (Å²) in [6, 6.07) is 14.6. The SMILES string of the molecule is CC(C)Oc1ccc(-c2ncc(-c3cccc4c3CCC4NSCC=O)s2)cc1C#N. The molecule has 1 aromatic heterocycles. The number of fused-ring (bicyclic) bond motifs is 1. The highest BCUT2D eigenvalue weighted by Gasteiger charge is 2.25. The number of hydrogen-bond donors (Lipinski definition) is 1. The lowest BCUT2D eigenvalue weighted by molar-refractivity contribution is -0.105. The lowest BCUT2D eigenvalue weighted by Gasteiger charge is -2.13. The predicted molar refractivity (Wildman–Crippen MR) is 126 cm³/mol. The molecule has 0 fully saturated rings. The number of nitrogens with one attached hydrogen (secondary N) is 1. The molecule has 0 bridgehead atoms. The summed E-state index contributed by atoms with van der Waals surface area (Å²) >= 11 is 3.09. The van der Waals surface area contributed by atoms with Crippen LogP contribution in [0.3, 0.4) is 0 Å². The Hall–Kier alpha value is -2.66. The monoisotopic (exact) mass is 449 g/mol. The van der Waals surface area contributed by atoms with Gasteiger partial charge in [0.25, 0.3) is 0 Å². The zero-order valence-corrected chi connectivity index (χ0v) is 19.1. The number of carbonyl (C=O) groups excluding carboxylic acids is 1. The molecule has 7 heteroatoms. The van der Waals surface area contributed by atoms with Crippen molar-refractivity contribution in [2.45, 2.75) is 38.8 Å². The van der Waals surface area contributed by atoms with Crippen molar-refractivity contribution in [3.8, 4) is 32.8 Å². The second kappa shape index (κ2) is 9.65. The van der Waals surface area contributed by atoms with Crippen LogP contribution in [0.15, 0.2) is 42.6 Å².